The van der Waals surface area contributed by atoms with Crippen molar-refractivity contribution >= 4 is 45.9 Å². The van der Waals surface area contributed by atoms with Crippen LogP contribution >= 0.6 is 23.1 Å². The number of thiophene rings is 1. The molecule has 32 heavy (non-hydrogen) atoms. The number of aromatic nitrogens is 3. The van der Waals surface area contributed by atoms with Crippen molar-refractivity contribution in [1.82, 2.24) is 14.8 Å². The summed E-state index contributed by atoms with van der Waals surface area (Å²) in [5.74, 6) is -0.430. The zero-order valence-corrected chi connectivity index (χ0v) is 19.6. The molecule has 12 heteroatoms. The van der Waals surface area contributed by atoms with Crippen LogP contribution < -0.4 is 5.32 Å². The molecule has 0 aliphatic rings. The molecule has 0 aliphatic carbocycles. The van der Waals surface area contributed by atoms with E-state index >= 15 is 0 Å². The predicted molar refractivity (Wildman–Crippen MR) is 119 cm³/mol. The van der Waals surface area contributed by atoms with E-state index in [1.807, 2.05) is 0 Å². The fraction of sp³-hybridized carbons (Fsp3) is 0.350. The van der Waals surface area contributed by atoms with E-state index in [1.165, 1.54) is 11.8 Å². The van der Waals surface area contributed by atoms with E-state index in [0.29, 0.717) is 22.3 Å². The van der Waals surface area contributed by atoms with Gasteiger partial charge in [-0.25, -0.2) is 9.59 Å². The van der Waals surface area contributed by atoms with Gasteiger partial charge in [-0.05, 0) is 38.5 Å². The van der Waals surface area contributed by atoms with Crippen LogP contribution in [0.1, 0.15) is 39.4 Å². The standard InChI is InChI=1S/C20H22N4O6S2/c1-5-28-18(26)14-11(3)15(19(27)29-6-2)32-17(14)21-13(25)10-31-20-23-22-16(24(20)4)12-8-7-9-30-12/h7-9H,5-6,10H2,1-4H3,(H,21,25). The van der Waals surface area contributed by atoms with Crippen molar-refractivity contribution in [2.75, 3.05) is 24.3 Å². The minimum atomic E-state index is -0.615. The van der Waals surface area contributed by atoms with Crippen LogP contribution in [0.15, 0.2) is 28.0 Å². The first kappa shape index (κ1) is 23.5. The van der Waals surface area contributed by atoms with Gasteiger partial charge in [-0.2, -0.15) is 0 Å². The Morgan fingerprint density at radius 2 is 1.91 bits per heavy atom. The van der Waals surface area contributed by atoms with Crippen molar-refractivity contribution in [3.05, 3.63) is 34.4 Å². The minimum Gasteiger partial charge on any atom is -0.462 e. The van der Waals surface area contributed by atoms with Crippen LogP contribution in [0.3, 0.4) is 0 Å². The molecule has 3 aromatic rings. The van der Waals surface area contributed by atoms with E-state index in [9.17, 15) is 14.4 Å². The number of rotatable bonds is 9. The third-order valence-electron chi connectivity index (χ3n) is 4.25. The van der Waals surface area contributed by atoms with Crippen molar-refractivity contribution in [2.24, 2.45) is 7.05 Å². The Morgan fingerprint density at radius 1 is 1.19 bits per heavy atom. The van der Waals surface area contributed by atoms with Gasteiger partial charge in [0.2, 0.25) is 5.91 Å². The molecule has 3 rings (SSSR count). The summed E-state index contributed by atoms with van der Waals surface area (Å²) >= 11 is 2.16. The van der Waals surface area contributed by atoms with Crippen LogP contribution in [-0.2, 0) is 21.3 Å². The lowest BCUT2D eigenvalue weighted by atomic mass is 10.1. The largest absolute Gasteiger partial charge is 0.462 e. The number of carbonyl (C=O) groups is 3. The highest BCUT2D eigenvalue weighted by molar-refractivity contribution is 7.99. The number of amides is 1. The maximum absolute atomic E-state index is 12.6. The van der Waals surface area contributed by atoms with Crippen LogP contribution in [0.25, 0.3) is 11.6 Å². The van der Waals surface area contributed by atoms with E-state index < -0.39 is 11.9 Å². The molecule has 10 nitrogen and oxygen atoms in total. The highest BCUT2D eigenvalue weighted by atomic mass is 32.2. The lowest BCUT2D eigenvalue weighted by Gasteiger charge is -2.07. The summed E-state index contributed by atoms with van der Waals surface area (Å²) < 4.78 is 17.2. The van der Waals surface area contributed by atoms with Crippen molar-refractivity contribution in [3.63, 3.8) is 0 Å². The van der Waals surface area contributed by atoms with Gasteiger partial charge < -0.3 is 23.8 Å². The minimum absolute atomic E-state index is 0.0120. The summed E-state index contributed by atoms with van der Waals surface area (Å²) in [5, 5.41) is 11.6. The molecule has 3 aromatic heterocycles. The molecule has 0 saturated heterocycles. The number of carbonyl (C=O) groups excluding carboxylic acids is 3. The summed E-state index contributed by atoms with van der Waals surface area (Å²) in [7, 11) is 1.77. The van der Waals surface area contributed by atoms with Gasteiger partial charge in [-0.15, -0.1) is 21.5 Å². The maximum atomic E-state index is 12.6. The Hall–Kier alpha value is -3.12. The molecule has 170 valence electrons. The number of nitrogens with zero attached hydrogens (tertiary/aromatic N) is 3. The maximum Gasteiger partial charge on any atom is 0.348 e. The zero-order valence-electron chi connectivity index (χ0n) is 18.0. The van der Waals surface area contributed by atoms with Gasteiger partial charge in [0, 0.05) is 7.05 Å². The predicted octanol–water partition coefficient (Wildman–Crippen LogP) is 3.53. The normalized spacial score (nSPS) is 10.8. The van der Waals surface area contributed by atoms with Gasteiger partial charge in [0.05, 0.1) is 30.8 Å². The van der Waals surface area contributed by atoms with E-state index in [0.717, 1.165) is 11.3 Å². The van der Waals surface area contributed by atoms with Gasteiger partial charge in [-0.1, -0.05) is 11.8 Å². The molecular weight excluding hydrogens is 456 g/mol. The Labute approximate surface area is 192 Å². The number of nitrogens with one attached hydrogen (secondary N) is 1. The number of esters is 2. The van der Waals surface area contributed by atoms with Crippen LogP contribution in [0, 0.1) is 6.92 Å². The smallest absolute Gasteiger partial charge is 0.348 e. The first-order valence-electron chi connectivity index (χ1n) is 9.70. The zero-order chi connectivity index (χ0) is 23.3. The quantitative estimate of drug-likeness (QED) is 0.363. The molecule has 3 heterocycles. The van der Waals surface area contributed by atoms with Crippen LogP contribution in [0.2, 0.25) is 0 Å². The highest BCUT2D eigenvalue weighted by Crippen LogP contribution is 2.34. The lowest BCUT2D eigenvalue weighted by Crippen LogP contribution is -2.16. The lowest BCUT2D eigenvalue weighted by molar-refractivity contribution is -0.113. The van der Waals surface area contributed by atoms with Gasteiger partial charge in [0.15, 0.2) is 16.7 Å². The molecule has 1 amide bonds. The second-order valence-corrected chi connectivity index (χ2v) is 8.34. The van der Waals surface area contributed by atoms with Gasteiger partial charge in [-0.3, -0.25) is 4.79 Å². The first-order chi connectivity index (χ1) is 15.4. The van der Waals surface area contributed by atoms with E-state index in [-0.39, 0.29) is 40.3 Å². The van der Waals surface area contributed by atoms with Crippen LogP contribution in [-0.4, -0.2) is 51.6 Å². The third-order valence-corrected chi connectivity index (χ3v) is 6.46. The molecule has 0 fully saturated rings. The van der Waals surface area contributed by atoms with E-state index in [4.69, 9.17) is 13.9 Å². The SMILES string of the molecule is CCOC(=O)c1sc(NC(=O)CSc2nnc(-c3ccco3)n2C)c(C(=O)OCC)c1C. The molecule has 0 atom stereocenters. The molecule has 0 bridgehead atoms. The average molecular weight is 479 g/mol. The summed E-state index contributed by atoms with van der Waals surface area (Å²) in [4.78, 5) is 37.5. The summed E-state index contributed by atoms with van der Waals surface area (Å²) in [6.07, 6.45) is 1.54. The number of furan rings is 1. The Kier molecular flexibility index (Phi) is 7.70. The summed E-state index contributed by atoms with van der Waals surface area (Å²) in [6.45, 7) is 5.35. The number of ether oxygens (including phenoxy) is 2. The van der Waals surface area contributed by atoms with Crippen LogP contribution in [0.4, 0.5) is 5.00 Å². The van der Waals surface area contributed by atoms with Crippen molar-refractivity contribution in [1.29, 1.82) is 0 Å². The number of hydrogen-bond donors (Lipinski definition) is 1. The fourth-order valence-corrected chi connectivity index (χ4v) is 4.61. The van der Waals surface area contributed by atoms with E-state index in [2.05, 4.69) is 15.5 Å². The van der Waals surface area contributed by atoms with Crippen LogP contribution in [0.5, 0.6) is 0 Å². The second kappa shape index (κ2) is 10.5. The average Bonchev–Trinajstić information content (AvgIpc) is 3.46. The van der Waals surface area contributed by atoms with Gasteiger partial charge in [0.1, 0.15) is 9.88 Å². The van der Waals surface area contributed by atoms with Gasteiger partial charge in [0.25, 0.3) is 0 Å². The Bertz CT molecular complexity index is 1120. The fourth-order valence-electron chi connectivity index (χ4n) is 2.80. The molecule has 0 radical (unpaired) electrons. The molecule has 0 saturated carbocycles. The number of hydrogen-bond acceptors (Lipinski definition) is 10. The number of thioether (sulfide) groups is 1. The Morgan fingerprint density at radius 3 is 2.56 bits per heavy atom. The summed E-state index contributed by atoms with van der Waals surface area (Å²) in [5.41, 5.74) is 0.559. The highest BCUT2D eigenvalue weighted by Gasteiger charge is 2.27. The van der Waals surface area contributed by atoms with Gasteiger partial charge >= 0.3 is 11.9 Å². The monoisotopic (exact) mass is 478 g/mol. The molecule has 0 aromatic carbocycles. The Balaban J connectivity index is 1.75. The molecular formula is C20H22N4O6S2. The van der Waals surface area contributed by atoms with E-state index in [1.54, 1.807) is 50.8 Å². The molecule has 0 aliphatic heterocycles. The first-order valence-corrected chi connectivity index (χ1v) is 11.5. The topological polar surface area (TPSA) is 126 Å². The third kappa shape index (κ3) is 5.02. The second-order valence-electron chi connectivity index (χ2n) is 6.38. The number of anilines is 1. The van der Waals surface area contributed by atoms with Crippen molar-refractivity contribution in [3.8, 4) is 11.6 Å². The van der Waals surface area contributed by atoms with Crippen molar-refractivity contribution in [2.45, 2.75) is 25.9 Å². The molecule has 0 unspecified atom stereocenters. The molecule has 1 N–H and O–H groups in total. The molecule has 0 spiro atoms. The van der Waals surface area contributed by atoms with Crippen molar-refractivity contribution < 1.29 is 28.3 Å². The summed E-state index contributed by atoms with van der Waals surface area (Å²) in [6, 6.07) is 3.52.